The molecule has 0 bridgehead atoms. The Morgan fingerprint density at radius 1 is 1.20 bits per heavy atom. The predicted octanol–water partition coefficient (Wildman–Crippen LogP) is 6.17. The van der Waals surface area contributed by atoms with Crippen molar-refractivity contribution >= 4 is 28.7 Å². The van der Waals surface area contributed by atoms with Crippen LogP contribution in [0.5, 0.6) is 0 Å². The van der Waals surface area contributed by atoms with Gasteiger partial charge in [-0.05, 0) is 54.2 Å². The maximum atomic E-state index is 14.2. The maximum Gasteiger partial charge on any atom is 0.418 e. The van der Waals surface area contributed by atoms with Crippen LogP contribution in [0.3, 0.4) is 0 Å². The molecular weight excluding hydrogens is 415 g/mol. The fourth-order valence-electron chi connectivity index (χ4n) is 4.16. The quantitative estimate of drug-likeness (QED) is 0.537. The van der Waals surface area contributed by atoms with Crippen molar-refractivity contribution in [3.05, 3.63) is 51.7 Å². The summed E-state index contributed by atoms with van der Waals surface area (Å²) in [5.41, 5.74) is 2.67. The summed E-state index contributed by atoms with van der Waals surface area (Å²) >= 11 is 6.33. The molecule has 1 fully saturated rings. The zero-order valence-electron chi connectivity index (χ0n) is 16.4. The average molecular weight is 434 g/mol. The molecule has 1 N–H and O–H groups in total. The van der Waals surface area contributed by atoms with Gasteiger partial charge in [0.05, 0.1) is 39.6 Å². The molecule has 1 amide bonds. The average Bonchev–Trinajstić information content (AvgIpc) is 3.28. The molecular formula is C22H19ClF3N3O. The third-order valence-electron chi connectivity index (χ3n) is 5.77. The highest BCUT2D eigenvalue weighted by atomic mass is 35.5. The number of hydrogen-bond donors (Lipinski definition) is 1. The van der Waals surface area contributed by atoms with Crippen LogP contribution in [0, 0.1) is 0 Å². The van der Waals surface area contributed by atoms with Crippen LogP contribution in [0.2, 0.25) is 5.02 Å². The molecule has 0 radical (unpaired) electrons. The highest BCUT2D eigenvalue weighted by Crippen LogP contribution is 2.45. The lowest BCUT2D eigenvalue weighted by atomic mass is 9.95. The van der Waals surface area contributed by atoms with E-state index >= 15 is 0 Å². The van der Waals surface area contributed by atoms with Crippen molar-refractivity contribution in [3.63, 3.8) is 0 Å². The Morgan fingerprint density at radius 2 is 1.93 bits per heavy atom. The molecule has 8 heteroatoms. The predicted molar refractivity (Wildman–Crippen MR) is 109 cm³/mol. The Balaban J connectivity index is 1.85. The number of amides is 1. The normalized spacial score (nSPS) is 16.4. The van der Waals surface area contributed by atoms with E-state index in [9.17, 15) is 18.0 Å². The van der Waals surface area contributed by atoms with Gasteiger partial charge < -0.3 is 5.32 Å². The lowest BCUT2D eigenvalue weighted by Crippen LogP contribution is -2.13. The monoisotopic (exact) mass is 433 g/mol. The zero-order chi connectivity index (χ0) is 21.4. The minimum absolute atomic E-state index is 0.0437. The first-order valence-corrected chi connectivity index (χ1v) is 10.3. The number of alkyl halides is 3. The summed E-state index contributed by atoms with van der Waals surface area (Å²) in [6.07, 6.45) is -2.48. The molecule has 1 aliphatic carbocycles. The summed E-state index contributed by atoms with van der Waals surface area (Å²) in [4.78, 5) is 11.8. The molecule has 5 rings (SSSR count). The Morgan fingerprint density at radius 3 is 2.57 bits per heavy atom. The van der Waals surface area contributed by atoms with Crippen molar-refractivity contribution in [1.82, 2.24) is 9.61 Å². The second-order valence-electron chi connectivity index (χ2n) is 8.37. The number of benzene rings is 1. The summed E-state index contributed by atoms with van der Waals surface area (Å²) in [7, 11) is 0. The number of carbonyl (C=O) groups is 1. The van der Waals surface area contributed by atoms with Crippen LogP contribution in [0.1, 0.15) is 60.9 Å². The van der Waals surface area contributed by atoms with Gasteiger partial charge in [-0.15, -0.1) is 0 Å². The number of pyridine rings is 1. The molecule has 3 heterocycles. The summed E-state index contributed by atoms with van der Waals surface area (Å²) in [6.45, 7) is 3.75. The van der Waals surface area contributed by atoms with E-state index in [0.717, 1.165) is 18.5 Å². The standard InChI is InChI=1S/C22H19ClF3N3O/c1-10(2)14-8-15(22(24,25)26)21(29-18(14)9-17(28-29)11-3-4-11)13-5-12-7-19(30)27-20(12)16(23)6-13/h5-6,8-11H,3-4,7H2,1-2H3,(H,27,30). The molecule has 30 heavy (non-hydrogen) atoms. The van der Waals surface area contributed by atoms with Crippen molar-refractivity contribution in [3.8, 4) is 11.3 Å². The molecule has 1 aliphatic heterocycles. The van der Waals surface area contributed by atoms with Crippen molar-refractivity contribution in [2.75, 3.05) is 5.32 Å². The van der Waals surface area contributed by atoms with E-state index in [-0.39, 0.29) is 29.0 Å². The van der Waals surface area contributed by atoms with Crippen LogP contribution in [-0.2, 0) is 17.4 Å². The summed E-state index contributed by atoms with van der Waals surface area (Å²) in [6, 6.07) is 6.23. The molecule has 156 valence electrons. The number of halogens is 4. The smallest absolute Gasteiger partial charge is 0.324 e. The topological polar surface area (TPSA) is 46.4 Å². The molecule has 2 aromatic heterocycles. The molecule has 4 nitrogen and oxygen atoms in total. The van der Waals surface area contributed by atoms with Crippen LogP contribution < -0.4 is 5.32 Å². The highest BCUT2D eigenvalue weighted by Gasteiger charge is 2.38. The number of fused-ring (bicyclic) bond motifs is 2. The second-order valence-corrected chi connectivity index (χ2v) is 8.78. The Labute approximate surface area is 176 Å². The SMILES string of the molecule is CC(C)c1cc(C(F)(F)F)c(-c2cc(Cl)c3c(c2)CC(=O)N3)n2nc(C3CC3)cc12. The minimum Gasteiger partial charge on any atom is -0.324 e. The molecule has 0 spiro atoms. The van der Waals surface area contributed by atoms with Gasteiger partial charge in [-0.3, -0.25) is 4.79 Å². The van der Waals surface area contributed by atoms with Gasteiger partial charge in [0.2, 0.25) is 5.91 Å². The van der Waals surface area contributed by atoms with E-state index in [1.807, 2.05) is 19.9 Å². The lowest BCUT2D eigenvalue weighted by molar-refractivity contribution is -0.137. The number of hydrogen-bond acceptors (Lipinski definition) is 2. The van der Waals surface area contributed by atoms with Gasteiger partial charge in [0.1, 0.15) is 0 Å². The molecule has 2 aliphatic rings. The van der Waals surface area contributed by atoms with E-state index in [1.54, 1.807) is 6.07 Å². The molecule has 1 saturated carbocycles. The molecule has 0 atom stereocenters. The maximum absolute atomic E-state index is 14.2. The van der Waals surface area contributed by atoms with Crippen molar-refractivity contribution < 1.29 is 18.0 Å². The third kappa shape index (κ3) is 3.07. The highest BCUT2D eigenvalue weighted by molar-refractivity contribution is 6.34. The van der Waals surface area contributed by atoms with E-state index in [4.69, 9.17) is 11.6 Å². The lowest BCUT2D eigenvalue weighted by Gasteiger charge is -2.19. The van der Waals surface area contributed by atoms with Crippen molar-refractivity contribution in [2.24, 2.45) is 0 Å². The Bertz CT molecular complexity index is 1210. The van der Waals surface area contributed by atoms with E-state index in [2.05, 4.69) is 10.4 Å². The number of carbonyl (C=O) groups excluding carboxylic acids is 1. The second kappa shape index (κ2) is 6.48. The van der Waals surface area contributed by atoms with Crippen LogP contribution in [0.15, 0.2) is 24.3 Å². The minimum atomic E-state index is -4.57. The molecule has 0 saturated heterocycles. The number of anilines is 1. The van der Waals surface area contributed by atoms with Gasteiger partial charge in [0.25, 0.3) is 0 Å². The Hall–Kier alpha value is -2.54. The molecule has 0 unspecified atom stereocenters. The summed E-state index contributed by atoms with van der Waals surface area (Å²) in [5.74, 6) is -0.0233. The number of nitrogens with zero attached hydrogens (tertiary/aromatic N) is 2. The van der Waals surface area contributed by atoms with Crippen LogP contribution in [-0.4, -0.2) is 15.5 Å². The van der Waals surface area contributed by atoms with Crippen LogP contribution in [0.4, 0.5) is 18.9 Å². The largest absolute Gasteiger partial charge is 0.418 e. The number of nitrogens with one attached hydrogen (secondary N) is 1. The van der Waals surface area contributed by atoms with E-state index in [1.165, 1.54) is 16.6 Å². The van der Waals surface area contributed by atoms with Crippen LogP contribution in [0.25, 0.3) is 16.8 Å². The zero-order valence-corrected chi connectivity index (χ0v) is 17.2. The van der Waals surface area contributed by atoms with Crippen LogP contribution >= 0.6 is 11.6 Å². The molecule has 3 aromatic rings. The van der Waals surface area contributed by atoms with E-state index < -0.39 is 11.7 Å². The first-order valence-electron chi connectivity index (χ1n) is 9.90. The number of rotatable bonds is 3. The van der Waals surface area contributed by atoms with Gasteiger partial charge in [0.15, 0.2) is 0 Å². The van der Waals surface area contributed by atoms with Gasteiger partial charge in [-0.2, -0.15) is 18.3 Å². The van der Waals surface area contributed by atoms with Crippen molar-refractivity contribution in [2.45, 2.75) is 51.1 Å². The molecule has 1 aromatic carbocycles. The summed E-state index contributed by atoms with van der Waals surface area (Å²) in [5, 5.41) is 7.48. The fourth-order valence-corrected chi connectivity index (χ4v) is 4.44. The number of aromatic nitrogens is 2. The van der Waals surface area contributed by atoms with Gasteiger partial charge in [-0.25, -0.2) is 4.52 Å². The first kappa shape index (κ1) is 19.4. The van der Waals surface area contributed by atoms with Gasteiger partial charge in [-0.1, -0.05) is 25.4 Å². The first-order chi connectivity index (χ1) is 14.1. The third-order valence-corrected chi connectivity index (χ3v) is 6.07. The van der Waals surface area contributed by atoms with Crippen molar-refractivity contribution in [1.29, 1.82) is 0 Å². The van der Waals surface area contributed by atoms with Gasteiger partial charge >= 0.3 is 6.18 Å². The fraction of sp³-hybridized carbons (Fsp3) is 0.364. The van der Waals surface area contributed by atoms with Gasteiger partial charge in [0, 0.05) is 11.5 Å². The summed E-state index contributed by atoms with van der Waals surface area (Å²) < 4.78 is 44.0. The van der Waals surface area contributed by atoms with E-state index in [0.29, 0.717) is 33.8 Å². The Kier molecular flexibility index (Phi) is 4.19.